The molecule has 4 aromatic heterocycles. The minimum absolute atomic E-state index is 0.273. The van der Waals surface area contributed by atoms with Crippen molar-refractivity contribution in [1.82, 2.24) is 29.4 Å². The summed E-state index contributed by atoms with van der Waals surface area (Å²) >= 11 is 4.51. The first-order chi connectivity index (χ1) is 20.3. The third-order valence-corrected chi connectivity index (χ3v) is 12.5. The lowest BCUT2D eigenvalue weighted by molar-refractivity contribution is 0.218. The van der Waals surface area contributed by atoms with Gasteiger partial charge in [-0.1, -0.05) is 12.1 Å². The molecule has 5 aromatic rings. The second-order valence-corrected chi connectivity index (χ2v) is 15.8. The number of thioether (sulfide) groups is 1. The number of hydrogen-bond acceptors (Lipinski definition) is 12. The Morgan fingerprint density at radius 2 is 2.02 bits per heavy atom. The lowest BCUT2D eigenvalue weighted by Crippen LogP contribution is -2.30. The summed E-state index contributed by atoms with van der Waals surface area (Å²) < 4.78 is 20.2. The van der Waals surface area contributed by atoms with E-state index < -0.39 is 9.52 Å². The molecule has 1 aliphatic heterocycles. The number of thiazole rings is 2. The van der Waals surface area contributed by atoms with Crippen molar-refractivity contribution in [3.8, 4) is 15.7 Å². The minimum atomic E-state index is -2.59. The molecule has 1 aromatic carbocycles. The zero-order chi connectivity index (χ0) is 29.3. The monoisotopic (exact) mass is 639 g/mol. The first-order valence-corrected chi connectivity index (χ1v) is 17.8. The van der Waals surface area contributed by atoms with Gasteiger partial charge in [0.25, 0.3) is 5.56 Å². The van der Waals surface area contributed by atoms with Gasteiger partial charge in [-0.05, 0) is 36.7 Å². The summed E-state index contributed by atoms with van der Waals surface area (Å²) in [5.41, 5.74) is 2.59. The van der Waals surface area contributed by atoms with E-state index in [1.807, 2.05) is 23.9 Å². The maximum absolute atomic E-state index is 13.9. The Kier molecular flexibility index (Phi) is 8.43. The molecule has 218 valence electrons. The summed E-state index contributed by atoms with van der Waals surface area (Å²) in [5, 5.41) is 7.11. The van der Waals surface area contributed by atoms with Crippen LogP contribution in [0.1, 0.15) is 10.8 Å². The van der Waals surface area contributed by atoms with Gasteiger partial charge in [-0.15, -0.1) is 22.7 Å². The average Bonchev–Trinajstić information content (AvgIpc) is 3.70. The van der Waals surface area contributed by atoms with Crippen LogP contribution in [0.25, 0.3) is 26.7 Å². The van der Waals surface area contributed by atoms with Crippen molar-refractivity contribution >= 4 is 72.5 Å². The number of nitrogens with zero attached hydrogens (tertiary/aromatic N) is 6. The van der Waals surface area contributed by atoms with Gasteiger partial charge in [0, 0.05) is 75.3 Å². The Hall–Kier alpha value is -3.14. The molecule has 2 unspecified atom stereocenters. The fourth-order valence-electron chi connectivity index (χ4n) is 4.58. The Balaban J connectivity index is 1.34. The van der Waals surface area contributed by atoms with E-state index in [9.17, 15) is 9.00 Å². The average molecular weight is 640 g/mol. The van der Waals surface area contributed by atoms with Gasteiger partial charge in [0.2, 0.25) is 5.95 Å². The van der Waals surface area contributed by atoms with Gasteiger partial charge in [0.05, 0.1) is 18.4 Å². The van der Waals surface area contributed by atoms with Gasteiger partial charge < -0.3 is 15.0 Å². The van der Waals surface area contributed by atoms with Crippen LogP contribution in [-0.2, 0) is 14.3 Å². The lowest BCUT2D eigenvalue weighted by Gasteiger charge is -2.29. The molecular formula is C28H29N7O3S4. The molecule has 0 radical (unpaired) electrons. The highest BCUT2D eigenvalue weighted by Crippen LogP contribution is 2.34. The largest absolute Gasteiger partial charge is 0.384 e. The standard InChI is InChI=1S/C28H29N7O3S4/c1-34-9-12-39-22(17-34)18-4-6-20(7-5-18)32-27-31-15-19-14-21(25-30-16-23(41-25)42(3,37)13-10-38-2)26(36)35(24(19)33-27)28-29-8-11-40-28/h4-8,11,14-16,22H,3,9-10,12-13,17H2,1-2H3,(H,31,32,33). The summed E-state index contributed by atoms with van der Waals surface area (Å²) in [6, 6.07) is 10.1. The smallest absolute Gasteiger partial charge is 0.268 e. The molecule has 1 saturated heterocycles. The predicted octanol–water partition coefficient (Wildman–Crippen LogP) is 4.55. The van der Waals surface area contributed by atoms with E-state index >= 15 is 0 Å². The van der Waals surface area contributed by atoms with Crippen LogP contribution < -0.4 is 10.9 Å². The van der Waals surface area contributed by atoms with Gasteiger partial charge in [-0.3, -0.25) is 9.00 Å². The van der Waals surface area contributed by atoms with Crippen LogP contribution in [0.2, 0.25) is 0 Å². The predicted molar refractivity (Wildman–Crippen MR) is 175 cm³/mol. The molecule has 0 amide bonds. The molecule has 1 aliphatic rings. The lowest BCUT2D eigenvalue weighted by atomic mass is 10.1. The van der Waals surface area contributed by atoms with Crippen LogP contribution in [0.15, 0.2) is 63.3 Å². The van der Waals surface area contributed by atoms with Gasteiger partial charge >= 0.3 is 0 Å². The molecular weight excluding hydrogens is 611 g/mol. The number of aromatic nitrogens is 5. The van der Waals surface area contributed by atoms with E-state index in [-0.39, 0.29) is 11.3 Å². The Bertz CT molecular complexity index is 1870. The molecule has 2 atom stereocenters. The second kappa shape index (κ2) is 12.2. The summed E-state index contributed by atoms with van der Waals surface area (Å²) in [7, 11) is 1.12. The number of methoxy groups -OCH3 is 1. The molecule has 10 nitrogen and oxygen atoms in total. The van der Waals surface area contributed by atoms with Crippen molar-refractivity contribution in [1.29, 1.82) is 0 Å². The van der Waals surface area contributed by atoms with Gasteiger partial charge in [0.15, 0.2) is 10.8 Å². The fraction of sp³-hybridized carbons (Fsp3) is 0.286. The van der Waals surface area contributed by atoms with Crippen molar-refractivity contribution in [3.05, 3.63) is 70.2 Å². The first kappa shape index (κ1) is 29.0. The number of likely N-dealkylation sites (N-methyl/N-ethyl adjacent to an activating group) is 1. The van der Waals surface area contributed by atoms with E-state index in [2.05, 4.69) is 50.2 Å². The molecule has 1 N–H and O–H groups in total. The Morgan fingerprint density at radius 1 is 1.19 bits per heavy atom. The molecule has 0 bridgehead atoms. The van der Waals surface area contributed by atoms with E-state index in [0.717, 1.165) is 24.5 Å². The van der Waals surface area contributed by atoms with Crippen molar-refractivity contribution in [3.63, 3.8) is 0 Å². The maximum atomic E-state index is 13.9. The van der Waals surface area contributed by atoms with Crippen LogP contribution in [0.4, 0.5) is 11.6 Å². The van der Waals surface area contributed by atoms with Gasteiger partial charge in [0.1, 0.15) is 9.22 Å². The number of hydrogen-bond donors (Lipinski definition) is 1. The fourth-order valence-corrected chi connectivity index (χ4v) is 9.26. The van der Waals surface area contributed by atoms with Crippen LogP contribution in [-0.4, -0.2) is 84.8 Å². The zero-order valence-corrected chi connectivity index (χ0v) is 26.3. The number of ether oxygens (including phenoxy) is 1. The van der Waals surface area contributed by atoms with E-state index in [4.69, 9.17) is 9.72 Å². The molecule has 1 fully saturated rings. The Morgan fingerprint density at radius 3 is 2.76 bits per heavy atom. The number of benzene rings is 1. The summed E-state index contributed by atoms with van der Waals surface area (Å²) in [5.74, 6) is 5.66. The number of pyridine rings is 1. The van der Waals surface area contributed by atoms with Crippen molar-refractivity contribution < 1.29 is 8.95 Å². The summed E-state index contributed by atoms with van der Waals surface area (Å²) in [4.78, 5) is 34.4. The maximum Gasteiger partial charge on any atom is 0.268 e. The third-order valence-electron chi connectivity index (χ3n) is 6.86. The van der Waals surface area contributed by atoms with Gasteiger partial charge in [-0.25, -0.2) is 19.5 Å². The second-order valence-electron chi connectivity index (χ2n) is 9.85. The van der Waals surface area contributed by atoms with Crippen LogP contribution in [0.3, 0.4) is 0 Å². The van der Waals surface area contributed by atoms with E-state index in [0.29, 0.717) is 48.8 Å². The van der Waals surface area contributed by atoms with Crippen molar-refractivity contribution in [2.45, 2.75) is 9.46 Å². The number of fused-ring (bicyclic) bond motifs is 1. The topological polar surface area (TPSA) is 115 Å². The molecule has 0 aliphatic carbocycles. The number of rotatable bonds is 9. The number of nitrogens with one attached hydrogen (secondary N) is 1. The van der Waals surface area contributed by atoms with E-state index in [1.165, 1.54) is 39.0 Å². The highest BCUT2D eigenvalue weighted by molar-refractivity contribution is 8.02. The summed E-state index contributed by atoms with van der Waals surface area (Å²) in [6.07, 6.45) is 4.85. The molecule has 5 heterocycles. The molecule has 6 rings (SSSR count). The quantitative estimate of drug-likeness (QED) is 0.231. The molecule has 14 heteroatoms. The zero-order valence-electron chi connectivity index (χ0n) is 23.1. The van der Waals surface area contributed by atoms with Crippen LogP contribution >= 0.6 is 34.4 Å². The van der Waals surface area contributed by atoms with Crippen LogP contribution in [0, 0.1) is 0 Å². The van der Waals surface area contributed by atoms with E-state index in [1.54, 1.807) is 30.9 Å². The molecule has 0 spiro atoms. The van der Waals surface area contributed by atoms with Gasteiger partial charge in [-0.2, -0.15) is 16.7 Å². The highest BCUT2D eigenvalue weighted by Gasteiger charge is 2.21. The normalized spacial score (nSPS) is 17.3. The third kappa shape index (κ3) is 6.00. The SMILES string of the molecule is C=S(=O)(CCOC)c1cnc(-c2cc3cnc(Nc4ccc(C5CN(C)CCS5)cc4)nc3n(-c3nccs3)c2=O)s1. The minimum Gasteiger partial charge on any atom is -0.384 e. The highest BCUT2D eigenvalue weighted by atomic mass is 32.2. The summed E-state index contributed by atoms with van der Waals surface area (Å²) in [6.45, 7) is 2.47. The van der Waals surface area contributed by atoms with Crippen molar-refractivity contribution in [2.75, 3.05) is 50.7 Å². The van der Waals surface area contributed by atoms with Crippen molar-refractivity contribution in [2.24, 2.45) is 0 Å². The number of anilines is 2. The van der Waals surface area contributed by atoms with Crippen LogP contribution in [0.5, 0.6) is 0 Å². The Labute approximate surface area is 255 Å². The first-order valence-electron chi connectivity index (χ1n) is 13.1. The molecule has 0 saturated carbocycles. The molecule has 42 heavy (non-hydrogen) atoms.